The maximum absolute atomic E-state index is 6.10. The smallest absolute Gasteiger partial charge is 0.163 e. The van der Waals surface area contributed by atoms with Crippen molar-refractivity contribution in [1.29, 1.82) is 0 Å². The van der Waals surface area contributed by atoms with Crippen LogP contribution in [0.2, 0.25) is 0 Å². The zero-order valence-electron chi connectivity index (χ0n) is 16.8. The molecule has 0 spiro atoms. The van der Waals surface area contributed by atoms with Crippen molar-refractivity contribution in [3.63, 3.8) is 0 Å². The third-order valence-electron chi connectivity index (χ3n) is 5.54. The highest BCUT2D eigenvalue weighted by molar-refractivity contribution is 6.08. The van der Waals surface area contributed by atoms with Crippen LogP contribution in [-0.4, -0.2) is 50.3 Å². The summed E-state index contributed by atoms with van der Waals surface area (Å²) < 4.78 is 11.7. The maximum Gasteiger partial charge on any atom is 0.163 e. The van der Waals surface area contributed by atoms with Crippen LogP contribution in [0.25, 0.3) is 21.8 Å². The molecule has 1 aromatic heterocycles. The summed E-state index contributed by atoms with van der Waals surface area (Å²) in [5.41, 5.74) is 2.95. The first-order valence-electron chi connectivity index (χ1n) is 10.2. The predicted octanol–water partition coefficient (Wildman–Crippen LogP) is 4.69. The Bertz CT molecular complexity index is 951. The molecule has 1 fully saturated rings. The van der Waals surface area contributed by atoms with Gasteiger partial charge in [-0.05, 0) is 44.5 Å². The Balaban J connectivity index is 1.56. The Morgan fingerprint density at radius 1 is 1.00 bits per heavy atom. The van der Waals surface area contributed by atoms with E-state index in [1.165, 1.54) is 32.4 Å². The highest BCUT2D eigenvalue weighted by Crippen LogP contribution is 2.37. The number of likely N-dealkylation sites (tertiary alicyclic amines) is 1. The molecule has 1 saturated heterocycles. The number of para-hydroxylation sites is 1. The average Bonchev–Trinajstić information content (AvgIpc) is 2.75. The van der Waals surface area contributed by atoms with Crippen molar-refractivity contribution in [2.75, 3.05) is 45.7 Å². The van der Waals surface area contributed by atoms with Crippen molar-refractivity contribution in [2.24, 2.45) is 0 Å². The van der Waals surface area contributed by atoms with Crippen LogP contribution in [0.5, 0.6) is 11.5 Å². The largest absolute Gasteiger partial charge is 0.493 e. The van der Waals surface area contributed by atoms with E-state index >= 15 is 0 Å². The molecule has 1 N–H and O–H groups in total. The normalized spacial score (nSPS) is 15.1. The van der Waals surface area contributed by atoms with Crippen molar-refractivity contribution in [2.45, 2.75) is 25.7 Å². The van der Waals surface area contributed by atoms with E-state index in [-0.39, 0.29) is 0 Å². The minimum Gasteiger partial charge on any atom is -0.493 e. The van der Waals surface area contributed by atoms with Gasteiger partial charge >= 0.3 is 0 Å². The Labute approximate surface area is 166 Å². The molecule has 3 aromatic rings. The summed E-state index contributed by atoms with van der Waals surface area (Å²) >= 11 is 0. The number of ether oxygens (including phenoxy) is 2. The minimum absolute atomic E-state index is 0.685. The van der Waals surface area contributed by atoms with E-state index in [2.05, 4.69) is 16.3 Å². The van der Waals surface area contributed by atoms with E-state index in [4.69, 9.17) is 14.5 Å². The number of anilines is 1. The lowest BCUT2D eigenvalue weighted by atomic mass is 10.1. The van der Waals surface area contributed by atoms with Gasteiger partial charge in [0.25, 0.3) is 0 Å². The van der Waals surface area contributed by atoms with Gasteiger partial charge in [-0.2, -0.15) is 0 Å². The number of methoxy groups -OCH3 is 1. The summed E-state index contributed by atoms with van der Waals surface area (Å²) in [6.07, 6.45) is 5.05. The van der Waals surface area contributed by atoms with Gasteiger partial charge in [0, 0.05) is 30.4 Å². The van der Waals surface area contributed by atoms with Gasteiger partial charge in [-0.25, -0.2) is 4.98 Å². The van der Waals surface area contributed by atoms with E-state index in [1.807, 2.05) is 37.4 Å². The summed E-state index contributed by atoms with van der Waals surface area (Å²) in [5, 5.41) is 5.48. The van der Waals surface area contributed by atoms with Gasteiger partial charge in [-0.15, -0.1) is 0 Å². The van der Waals surface area contributed by atoms with E-state index in [1.54, 1.807) is 7.11 Å². The van der Waals surface area contributed by atoms with E-state index in [0.29, 0.717) is 6.61 Å². The van der Waals surface area contributed by atoms with Crippen LogP contribution in [0.15, 0.2) is 36.4 Å². The number of benzene rings is 2. The van der Waals surface area contributed by atoms with Crippen LogP contribution >= 0.6 is 0 Å². The predicted molar refractivity (Wildman–Crippen MR) is 116 cm³/mol. The summed E-state index contributed by atoms with van der Waals surface area (Å²) in [6, 6.07) is 12.2. The highest BCUT2D eigenvalue weighted by atomic mass is 16.5. The van der Waals surface area contributed by atoms with Gasteiger partial charge < -0.3 is 19.7 Å². The topological polar surface area (TPSA) is 46.6 Å². The van der Waals surface area contributed by atoms with Crippen LogP contribution in [0.1, 0.15) is 25.7 Å². The Morgan fingerprint density at radius 2 is 1.82 bits per heavy atom. The lowest BCUT2D eigenvalue weighted by Gasteiger charge is -2.26. The molecule has 0 bridgehead atoms. The van der Waals surface area contributed by atoms with Gasteiger partial charge in [0.1, 0.15) is 0 Å². The van der Waals surface area contributed by atoms with Gasteiger partial charge in [0.15, 0.2) is 11.5 Å². The summed E-state index contributed by atoms with van der Waals surface area (Å²) in [6.45, 7) is 4.24. The molecule has 0 radical (unpaired) electrons. The van der Waals surface area contributed by atoms with Crippen molar-refractivity contribution in [3.05, 3.63) is 36.4 Å². The average molecular weight is 380 g/mol. The Hall–Kier alpha value is -2.53. The first-order chi connectivity index (χ1) is 13.8. The van der Waals surface area contributed by atoms with Crippen molar-refractivity contribution in [3.8, 4) is 11.5 Å². The number of hydrogen-bond acceptors (Lipinski definition) is 5. The second kappa shape index (κ2) is 8.65. The standard InChI is InChI=1S/C23H29N3O2/c1-24-23-17-9-4-5-10-19(17)25-20-16-22(21(27-2)15-18(20)23)28-14-8-13-26-11-6-3-7-12-26/h4-5,9-10,15-16H,3,6-8,11-14H2,1-2H3,(H,24,25). The van der Waals surface area contributed by atoms with E-state index < -0.39 is 0 Å². The second-order valence-corrected chi connectivity index (χ2v) is 7.38. The fraction of sp³-hybridized carbons (Fsp3) is 0.435. The number of nitrogens with one attached hydrogen (secondary N) is 1. The number of pyridine rings is 1. The number of fused-ring (bicyclic) bond motifs is 2. The molecule has 28 heavy (non-hydrogen) atoms. The summed E-state index contributed by atoms with van der Waals surface area (Å²) in [4.78, 5) is 7.38. The van der Waals surface area contributed by atoms with Crippen LogP contribution < -0.4 is 14.8 Å². The van der Waals surface area contributed by atoms with Crippen molar-refractivity contribution in [1.82, 2.24) is 9.88 Å². The lowest BCUT2D eigenvalue weighted by molar-refractivity contribution is 0.203. The molecule has 5 nitrogen and oxygen atoms in total. The third kappa shape index (κ3) is 3.85. The van der Waals surface area contributed by atoms with Gasteiger partial charge in [0.05, 0.1) is 30.4 Å². The summed E-state index contributed by atoms with van der Waals surface area (Å²) in [7, 11) is 3.63. The second-order valence-electron chi connectivity index (χ2n) is 7.38. The SMILES string of the molecule is CNc1c2ccccc2nc2cc(OCCCN3CCCCC3)c(OC)cc12. The van der Waals surface area contributed by atoms with Gasteiger partial charge in [-0.3, -0.25) is 0 Å². The molecular formula is C23H29N3O2. The van der Waals surface area contributed by atoms with E-state index in [0.717, 1.165) is 52.0 Å². The zero-order chi connectivity index (χ0) is 19.3. The zero-order valence-corrected chi connectivity index (χ0v) is 16.8. The number of piperidine rings is 1. The molecule has 5 heteroatoms. The molecule has 148 valence electrons. The molecule has 2 heterocycles. The van der Waals surface area contributed by atoms with Crippen LogP contribution in [0, 0.1) is 0 Å². The van der Waals surface area contributed by atoms with Gasteiger partial charge in [-0.1, -0.05) is 24.6 Å². The monoisotopic (exact) mass is 379 g/mol. The first kappa shape index (κ1) is 18.8. The van der Waals surface area contributed by atoms with Crippen LogP contribution in [-0.2, 0) is 0 Å². The lowest BCUT2D eigenvalue weighted by Crippen LogP contribution is -2.31. The molecular weight excluding hydrogens is 350 g/mol. The molecule has 0 atom stereocenters. The molecule has 1 aliphatic heterocycles. The number of nitrogens with zero attached hydrogens (tertiary/aromatic N) is 2. The highest BCUT2D eigenvalue weighted by Gasteiger charge is 2.14. The maximum atomic E-state index is 6.10. The Kier molecular flexibility index (Phi) is 5.81. The molecule has 2 aromatic carbocycles. The molecule has 0 unspecified atom stereocenters. The van der Waals surface area contributed by atoms with Crippen LogP contribution in [0.3, 0.4) is 0 Å². The third-order valence-corrected chi connectivity index (χ3v) is 5.54. The molecule has 1 aliphatic rings. The van der Waals surface area contributed by atoms with Gasteiger partial charge in [0.2, 0.25) is 0 Å². The number of hydrogen-bond donors (Lipinski definition) is 1. The first-order valence-corrected chi connectivity index (χ1v) is 10.2. The van der Waals surface area contributed by atoms with Crippen molar-refractivity contribution < 1.29 is 9.47 Å². The minimum atomic E-state index is 0.685. The molecule has 0 aliphatic carbocycles. The summed E-state index contributed by atoms with van der Waals surface area (Å²) in [5.74, 6) is 1.51. The fourth-order valence-corrected chi connectivity index (χ4v) is 4.09. The van der Waals surface area contributed by atoms with Crippen molar-refractivity contribution >= 4 is 27.5 Å². The van der Waals surface area contributed by atoms with E-state index in [9.17, 15) is 0 Å². The molecule has 4 rings (SSSR count). The molecule has 0 amide bonds. The molecule has 0 saturated carbocycles. The quantitative estimate of drug-likeness (QED) is 0.476. The number of aromatic nitrogens is 1. The Morgan fingerprint density at radius 3 is 2.61 bits per heavy atom. The number of rotatable bonds is 7. The fourth-order valence-electron chi connectivity index (χ4n) is 4.09. The van der Waals surface area contributed by atoms with Crippen LogP contribution in [0.4, 0.5) is 5.69 Å².